The molecule has 1 N–H and O–H groups in total. The van der Waals surface area contributed by atoms with Gasteiger partial charge in [-0.15, -0.1) is 11.8 Å². The van der Waals surface area contributed by atoms with Crippen molar-refractivity contribution in [3.8, 4) is 0 Å². The Morgan fingerprint density at radius 1 is 1.12 bits per heavy atom. The maximum Gasteiger partial charge on any atom is 0.230 e. The number of sulfone groups is 1. The van der Waals surface area contributed by atoms with E-state index < -0.39 is 9.84 Å². The maximum atomic E-state index is 12.0. The van der Waals surface area contributed by atoms with Crippen molar-refractivity contribution in [2.45, 2.75) is 23.6 Å². The zero-order valence-corrected chi connectivity index (χ0v) is 16.4. The van der Waals surface area contributed by atoms with Gasteiger partial charge in [-0.25, -0.2) is 8.42 Å². The van der Waals surface area contributed by atoms with Gasteiger partial charge >= 0.3 is 0 Å². The van der Waals surface area contributed by atoms with Gasteiger partial charge in [-0.3, -0.25) is 4.79 Å². The van der Waals surface area contributed by atoms with Crippen LogP contribution in [0.5, 0.6) is 0 Å². The smallest absolute Gasteiger partial charge is 0.230 e. The summed E-state index contributed by atoms with van der Waals surface area (Å²) in [6.45, 7) is 1.87. The fourth-order valence-electron chi connectivity index (χ4n) is 2.21. The molecule has 2 aromatic carbocycles. The third-order valence-electron chi connectivity index (χ3n) is 3.60. The van der Waals surface area contributed by atoms with Crippen LogP contribution >= 0.6 is 23.4 Å². The Balaban J connectivity index is 1.82. The van der Waals surface area contributed by atoms with Gasteiger partial charge in [0.2, 0.25) is 5.91 Å². The molecule has 25 heavy (non-hydrogen) atoms. The van der Waals surface area contributed by atoms with E-state index >= 15 is 0 Å². The number of hydrogen-bond acceptors (Lipinski definition) is 4. The molecule has 0 fully saturated rings. The predicted octanol–water partition coefficient (Wildman–Crippen LogP) is 3.85. The summed E-state index contributed by atoms with van der Waals surface area (Å²) in [6.07, 6.45) is 1.17. The summed E-state index contributed by atoms with van der Waals surface area (Å²) in [5, 5.41) is 3.62. The number of benzene rings is 2. The molecule has 0 unspecified atom stereocenters. The molecule has 1 amide bonds. The van der Waals surface area contributed by atoms with Gasteiger partial charge in [0, 0.05) is 17.0 Å². The minimum atomic E-state index is -3.21. The Morgan fingerprint density at radius 2 is 1.72 bits per heavy atom. The first-order valence-electron chi connectivity index (χ1n) is 7.67. The molecule has 0 aliphatic rings. The van der Waals surface area contributed by atoms with Gasteiger partial charge in [-0.1, -0.05) is 35.9 Å². The molecule has 0 saturated carbocycles. The minimum absolute atomic E-state index is 0.0568. The lowest BCUT2D eigenvalue weighted by atomic mass is 10.1. The standard InChI is InChI=1S/C18H20ClNO3S2/c1-13(15-5-9-17(10-6-15)25(2,22)23)20-18(21)12-24-11-14-3-7-16(19)8-4-14/h3-10,13H,11-12H2,1-2H3,(H,20,21)/t13-/m1/s1. The number of halogens is 1. The van der Waals surface area contributed by atoms with E-state index in [4.69, 9.17) is 11.6 Å². The molecule has 0 aromatic heterocycles. The van der Waals surface area contributed by atoms with Gasteiger partial charge in [-0.05, 0) is 42.3 Å². The Kier molecular flexibility index (Phi) is 6.93. The van der Waals surface area contributed by atoms with Crippen LogP contribution in [0.3, 0.4) is 0 Å². The van der Waals surface area contributed by atoms with Crippen molar-refractivity contribution in [2.75, 3.05) is 12.0 Å². The van der Waals surface area contributed by atoms with Crippen molar-refractivity contribution >= 4 is 39.1 Å². The molecule has 2 rings (SSSR count). The monoisotopic (exact) mass is 397 g/mol. The van der Waals surface area contributed by atoms with Crippen LogP contribution in [0.4, 0.5) is 0 Å². The van der Waals surface area contributed by atoms with Crippen LogP contribution in [0.15, 0.2) is 53.4 Å². The van der Waals surface area contributed by atoms with Crippen molar-refractivity contribution in [1.29, 1.82) is 0 Å². The summed E-state index contributed by atoms with van der Waals surface area (Å²) >= 11 is 7.37. The summed E-state index contributed by atoms with van der Waals surface area (Å²) < 4.78 is 22.9. The highest BCUT2D eigenvalue weighted by atomic mass is 35.5. The number of carbonyl (C=O) groups excluding carboxylic acids is 1. The molecule has 4 nitrogen and oxygen atoms in total. The molecule has 1 atom stereocenters. The molecule has 0 heterocycles. The quantitative estimate of drug-likeness (QED) is 0.770. The van der Waals surface area contributed by atoms with Gasteiger partial charge < -0.3 is 5.32 Å². The summed E-state index contributed by atoms with van der Waals surface area (Å²) in [5.74, 6) is 1.04. The fraction of sp³-hybridized carbons (Fsp3) is 0.278. The zero-order chi connectivity index (χ0) is 18.4. The van der Waals surface area contributed by atoms with Crippen LogP contribution in [-0.2, 0) is 20.4 Å². The van der Waals surface area contributed by atoms with Gasteiger partial charge in [0.15, 0.2) is 9.84 Å². The maximum absolute atomic E-state index is 12.0. The van der Waals surface area contributed by atoms with E-state index in [0.29, 0.717) is 10.8 Å². The lowest BCUT2D eigenvalue weighted by Crippen LogP contribution is -2.28. The van der Waals surface area contributed by atoms with Gasteiger partial charge in [-0.2, -0.15) is 0 Å². The Hall–Kier alpha value is -1.50. The first-order chi connectivity index (χ1) is 11.8. The van der Waals surface area contributed by atoms with Crippen LogP contribution in [-0.4, -0.2) is 26.3 Å². The molecule has 0 aliphatic carbocycles. The zero-order valence-electron chi connectivity index (χ0n) is 14.0. The molecule has 0 spiro atoms. The van der Waals surface area contributed by atoms with Crippen LogP contribution < -0.4 is 5.32 Å². The second kappa shape index (κ2) is 8.74. The number of nitrogens with one attached hydrogen (secondary N) is 1. The second-order valence-corrected chi connectivity index (χ2v) is 9.19. The summed E-state index contributed by atoms with van der Waals surface area (Å²) in [6, 6.07) is 13.9. The van der Waals surface area contributed by atoms with Crippen molar-refractivity contribution in [3.63, 3.8) is 0 Å². The topological polar surface area (TPSA) is 63.2 Å². The molecule has 134 valence electrons. The molecule has 0 radical (unpaired) electrons. The van der Waals surface area contributed by atoms with E-state index in [1.165, 1.54) is 18.0 Å². The predicted molar refractivity (Wildman–Crippen MR) is 104 cm³/mol. The summed E-state index contributed by atoms with van der Waals surface area (Å²) in [4.78, 5) is 12.3. The number of hydrogen-bond donors (Lipinski definition) is 1. The average Bonchev–Trinajstić information content (AvgIpc) is 2.56. The van der Waals surface area contributed by atoms with E-state index in [2.05, 4.69) is 5.32 Å². The van der Waals surface area contributed by atoms with Crippen LogP contribution in [0.25, 0.3) is 0 Å². The van der Waals surface area contributed by atoms with Crippen LogP contribution in [0, 0.1) is 0 Å². The molecular formula is C18H20ClNO3S2. The van der Waals surface area contributed by atoms with E-state index in [1.807, 2.05) is 31.2 Å². The molecule has 0 saturated heterocycles. The lowest BCUT2D eigenvalue weighted by Gasteiger charge is -2.14. The number of carbonyl (C=O) groups is 1. The van der Waals surface area contributed by atoms with E-state index in [-0.39, 0.29) is 16.8 Å². The third kappa shape index (κ3) is 6.38. The van der Waals surface area contributed by atoms with Crippen molar-refractivity contribution in [1.82, 2.24) is 5.32 Å². The molecular weight excluding hydrogens is 378 g/mol. The number of amides is 1. The van der Waals surface area contributed by atoms with Crippen LogP contribution in [0.1, 0.15) is 24.1 Å². The lowest BCUT2D eigenvalue weighted by molar-refractivity contribution is -0.119. The van der Waals surface area contributed by atoms with Gasteiger partial charge in [0.05, 0.1) is 16.7 Å². The third-order valence-corrected chi connectivity index (χ3v) is 5.99. The molecule has 2 aromatic rings. The van der Waals surface area contributed by atoms with Crippen molar-refractivity contribution in [3.05, 3.63) is 64.7 Å². The normalized spacial score (nSPS) is 12.6. The summed E-state index contributed by atoms with van der Waals surface area (Å²) in [5.41, 5.74) is 1.98. The Labute approximate surface area is 157 Å². The molecule has 0 bridgehead atoms. The number of rotatable bonds is 7. The highest BCUT2D eigenvalue weighted by Gasteiger charge is 2.12. The van der Waals surface area contributed by atoms with Crippen molar-refractivity contribution < 1.29 is 13.2 Å². The first kappa shape index (κ1) is 19.8. The van der Waals surface area contributed by atoms with E-state index in [9.17, 15) is 13.2 Å². The SMILES string of the molecule is C[C@@H](NC(=O)CSCc1ccc(Cl)cc1)c1ccc(S(C)(=O)=O)cc1. The molecule has 7 heteroatoms. The molecule has 0 aliphatic heterocycles. The highest BCUT2D eigenvalue weighted by Crippen LogP contribution is 2.18. The van der Waals surface area contributed by atoms with Crippen molar-refractivity contribution in [2.24, 2.45) is 0 Å². The fourth-order valence-corrected chi connectivity index (χ4v) is 3.77. The first-order valence-corrected chi connectivity index (χ1v) is 11.1. The van der Waals surface area contributed by atoms with E-state index in [0.717, 1.165) is 16.9 Å². The Morgan fingerprint density at radius 3 is 2.28 bits per heavy atom. The average molecular weight is 398 g/mol. The highest BCUT2D eigenvalue weighted by molar-refractivity contribution is 7.99. The summed E-state index contributed by atoms with van der Waals surface area (Å²) in [7, 11) is -3.21. The minimum Gasteiger partial charge on any atom is -0.349 e. The Bertz CT molecular complexity index is 818. The largest absolute Gasteiger partial charge is 0.349 e. The van der Waals surface area contributed by atoms with Gasteiger partial charge in [0.25, 0.3) is 0 Å². The van der Waals surface area contributed by atoms with Gasteiger partial charge in [0.1, 0.15) is 0 Å². The number of thioether (sulfide) groups is 1. The van der Waals surface area contributed by atoms with Crippen LogP contribution in [0.2, 0.25) is 5.02 Å². The van der Waals surface area contributed by atoms with E-state index in [1.54, 1.807) is 24.3 Å². The second-order valence-electron chi connectivity index (χ2n) is 5.75.